The summed E-state index contributed by atoms with van der Waals surface area (Å²) in [7, 11) is -1.32. The molecule has 0 radical (unpaired) electrons. The topological polar surface area (TPSA) is 169 Å². The maximum atomic E-state index is 12.5. The minimum atomic E-state index is -1.32. The predicted octanol–water partition coefficient (Wildman–Crippen LogP) is 1.50. The van der Waals surface area contributed by atoms with E-state index in [4.69, 9.17) is 27.3 Å². The van der Waals surface area contributed by atoms with Crippen LogP contribution in [0.1, 0.15) is 12.5 Å². The van der Waals surface area contributed by atoms with Gasteiger partial charge in [-0.05, 0) is 31.2 Å². The van der Waals surface area contributed by atoms with Gasteiger partial charge in [-0.3, -0.25) is 5.41 Å². The molecule has 1 fully saturated rings. The lowest BCUT2D eigenvalue weighted by atomic mass is 10.1. The number of morpholine rings is 1. The number of aromatic nitrogens is 2. The molecule has 11 heteroatoms. The maximum Gasteiger partial charge on any atom is 0.222 e. The second kappa shape index (κ2) is 10.2. The molecule has 3 unspecified atom stereocenters. The summed E-state index contributed by atoms with van der Waals surface area (Å²) in [5, 5.41) is 7.61. The summed E-state index contributed by atoms with van der Waals surface area (Å²) in [4.78, 5) is 11.6. The van der Waals surface area contributed by atoms with Gasteiger partial charge in [-0.1, -0.05) is 24.3 Å². The number of anilines is 3. The van der Waals surface area contributed by atoms with Crippen molar-refractivity contribution in [3.05, 3.63) is 60.2 Å². The highest BCUT2D eigenvalue weighted by Crippen LogP contribution is 2.28. The van der Waals surface area contributed by atoms with Crippen molar-refractivity contribution in [1.82, 2.24) is 14.7 Å². The Morgan fingerprint density at radius 1 is 1.21 bits per heavy atom. The first-order valence-corrected chi connectivity index (χ1v) is 11.9. The van der Waals surface area contributed by atoms with Gasteiger partial charge >= 0.3 is 0 Å². The molecule has 3 aromatic rings. The third-order valence-electron chi connectivity index (χ3n) is 5.57. The second-order valence-corrected chi connectivity index (χ2v) is 9.37. The van der Waals surface area contributed by atoms with Crippen molar-refractivity contribution >= 4 is 34.3 Å². The Morgan fingerprint density at radius 2 is 1.97 bits per heavy atom. The molecule has 1 aromatic heterocycles. The largest absolute Gasteiger partial charge is 0.398 e. The molecule has 8 N–H and O–H groups in total. The highest BCUT2D eigenvalue weighted by atomic mass is 32.2. The van der Waals surface area contributed by atoms with Crippen LogP contribution in [0.2, 0.25) is 0 Å². The molecule has 0 spiro atoms. The molecule has 1 aliphatic heterocycles. The molecule has 1 saturated heterocycles. The molecule has 178 valence electrons. The van der Waals surface area contributed by atoms with Crippen LogP contribution >= 0.6 is 0 Å². The molecule has 3 atom stereocenters. The van der Waals surface area contributed by atoms with E-state index in [9.17, 15) is 4.21 Å². The maximum absolute atomic E-state index is 12.5. The first-order valence-electron chi connectivity index (χ1n) is 10.8. The molecule has 0 saturated carbocycles. The number of nitrogens with one attached hydrogen (secondary N) is 2. The number of amidine groups is 1. The van der Waals surface area contributed by atoms with Gasteiger partial charge in [0.1, 0.15) is 22.6 Å². The number of hydrogen-bond acceptors (Lipinski definition) is 8. The fourth-order valence-corrected chi connectivity index (χ4v) is 4.68. The number of rotatable bonds is 7. The molecule has 4 rings (SSSR count). The smallest absolute Gasteiger partial charge is 0.222 e. The van der Waals surface area contributed by atoms with E-state index in [1.807, 2.05) is 43.3 Å². The lowest BCUT2D eigenvalue weighted by molar-refractivity contribution is 0.0261. The van der Waals surface area contributed by atoms with E-state index >= 15 is 0 Å². The Kier molecular flexibility index (Phi) is 7.06. The van der Waals surface area contributed by atoms with Gasteiger partial charge in [0.15, 0.2) is 0 Å². The Balaban J connectivity index is 1.51. The molecular formula is C23H28N8O2S. The van der Waals surface area contributed by atoms with Crippen LogP contribution in [-0.4, -0.2) is 51.9 Å². The molecule has 0 aliphatic carbocycles. The van der Waals surface area contributed by atoms with Crippen LogP contribution in [0.25, 0.3) is 11.3 Å². The van der Waals surface area contributed by atoms with Crippen LogP contribution in [0.4, 0.5) is 17.5 Å². The van der Waals surface area contributed by atoms with Gasteiger partial charge in [-0.15, -0.1) is 0 Å². The van der Waals surface area contributed by atoms with E-state index in [0.717, 1.165) is 5.56 Å². The summed E-state index contributed by atoms with van der Waals surface area (Å²) >= 11 is 0. The number of ether oxygens (including phenoxy) is 1. The first kappa shape index (κ1) is 23.6. The predicted molar refractivity (Wildman–Crippen MR) is 135 cm³/mol. The minimum Gasteiger partial charge on any atom is -0.398 e. The average Bonchev–Trinajstić information content (AvgIpc) is 2.83. The van der Waals surface area contributed by atoms with Gasteiger partial charge < -0.3 is 26.8 Å². The second-order valence-electron chi connectivity index (χ2n) is 8.07. The Hall–Kier alpha value is -3.54. The summed E-state index contributed by atoms with van der Waals surface area (Å²) in [6.07, 6.45) is -0.186. The molecule has 0 amide bonds. The fraction of sp³-hybridized carbons (Fsp3) is 0.261. The van der Waals surface area contributed by atoms with E-state index in [1.165, 1.54) is 0 Å². The van der Waals surface area contributed by atoms with E-state index in [0.29, 0.717) is 47.4 Å². The van der Waals surface area contributed by atoms with E-state index in [-0.39, 0.29) is 23.9 Å². The number of nitrogens with zero attached hydrogens (tertiary/aromatic N) is 3. The van der Waals surface area contributed by atoms with Crippen LogP contribution in [0, 0.1) is 5.41 Å². The van der Waals surface area contributed by atoms with Crippen LogP contribution in [0.5, 0.6) is 0 Å². The van der Waals surface area contributed by atoms with Gasteiger partial charge in [0, 0.05) is 36.0 Å². The summed E-state index contributed by atoms with van der Waals surface area (Å²) < 4.78 is 21.5. The molecule has 34 heavy (non-hydrogen) atoms. The van der Waals surface area contributed by atoms with Crippen LogP contribution < -0.4 is 26.8 Å². The quantitative estimate of drug-likeness (QED) is 0.192. The summed E-state index contributed by atoms with van der Waals surface area (Å²) in [5.41, 5.74) is 19.9. The molecule has 1 aliphatic rings. The van der Waals surface area contributed by atoms with Crippen LogP contribution in [0.3, 0.4) is 0 Å². The number of nitrogens with two attached hydrogens (primary N) is 3. The van der Waals surface area contributed by atoms with Crippen molar-refractivity contribution in [2.45, 2.75) is 24.0 Å². The standard InChI is InChI=1S/C23H28N8O2S/c1-14-13-33-16(11-28-34(32)17-5-3-2-4-6-17)12-31(14)21-10-20(29-23(27)30-21)15-7-8-18(22(25)26)19(24)9-15/h2-10,14,16,28H,11-13,24H2,1H3,(H3,25,26)(H2,27,29,30). The summed E-state index contributed by atoms with van der Waals surface area (Å²) in [6.45, 7) is 3.50. The SMILES string of the molecule is CC1COC(CNS(=O)c2ccccc2)CN1c1cc(-c2ccc(C(=N)N)c(N)c2)nc(N)n1. The van der Waals surface area contributed by atoms with Crippen molar-refractivity contribution in [3.8, 4) is 11.3 Å². The van der Waals surface area contributed by atoms with Gasteiger partial charge in [0.25, 0.3) is 0 Å². The Morgan fingerprint density at radius 3 is 2.68 bits per heavy atom. The molecule has 0 bridgehead atoms. The Labute approximate surface area is 200 Å². The van der Waals surface area contributed by atoms with E-state index in [2.05, 4.69) is 19.6 Å². The lowest BCUT2D eigenvalue weighted by Crippen LogP contribution is -2.51. The van der Waals surface area contributed by atoms with E-state index < -0.39 is 11.0 Å². The van der Waals surface area contributed by atoms with Gasteiger partial charge in [0.2, 0.25) is 5.95 Å². The van der Waals surface area contributed by atoms with Gasteiger partial charge in [-0.2, -0.15) is 4.98 Å². The average molecular weight is 481 g/mol. The molecular weight excluding hydrogens is 452 g/mol. The van der Waals surface area contributed by atoms with Crippen molar-refractivity contribution in [2.24, 2.45) is 5.73 Å². The third kappa shape index (κ3) is 5.33. The Bertz CT molecular complexity index is 1210. The normalized spacial score (nSPS) is 19.0. The molecule has 2 aromatic carbocycles. The van der Waals surface area contributed by atoms with E-state index in [1.54, 1.807) is 18.2 Å². The van der Waals surface area contributed by atoms with Crippen molar-refractivity contribution in [3.63, 3.8) is 0 Å². The summed E-state index contributed by atoms with van der Waals surface area (Å²) in [6, 6.07) is 16.4. The van der Waals surface area contributed by atoms with Gasteiger partial charge in [0.05, 0.1) is 29.3 Å². The van der Waals surface area contributed by atoms with Crippen LogP contribution in [0.15, 0.2) is 59.5 Å². The first-order chi connectivity index (χ1) is 16.3. The monoisotopic (exact) mass is 480 g/mol. The van der Waals surface area contributed by atoms with Crippen molar-refractivity contribution in [2.75, 3.05) is 36.1 Å². The number of hydrogen-bond donors (Lipinski definition) is 5. The zero-order valence-corrected chi connectivity index (χ0v) is 19.6. The summed E-state index contributed by atoms with van der Waals surface area (Å²) in [5.74, 6) is 0.712. The highest BCUT2D eigenvalue weighted by molar-refractivity contribution is 7.83. The lowest BCUT2D eigenvalue weighted by Gasteiger charge is -2.39. The van der Waals surface area contributed by atoms with Crippen molar-refractivity contribution in [1.29, 1.82) is 5.41 Å². The fourth-order valence-electron chi connectivity index (χ4n) is 3.77. The minimum absolute atomic E-state index is 0.0585. The zero-order chi connectivity index (χ0) is 24.2. The number of benzene rings is 2. The third-order valence-corrected chi connectivity index (χ3v) is 6.70. The van der Waals surface area contributed by atoms with Crippen LogP contribution in [-0.2, 0) is 15.7 Å². The van der Waals surface area contributed by atoms with Crippen molar-refractivity contribution < 1.29 is 8.95 Å². The molecule has 2 heterocycles. The zero-order valence-electron chi connectivity index (χ0n) is 18.8. The highest BCUT2D eigenvalue weighted by Gasteiger charge is 2.28. The van der Waals surface area contributed by atoms with Gasteiger partial charge in [-0.25, -0.2) is 13.9 Å². The molecule has 10 nitrogen and oxygen atoms in total. The number of nitrogen functional groups attached to an aromatic ring is 3.